The first kappa shape index (κ1) is 24.5. The minimum atomic E-state index is -4.01. The zero-order valence-electron chi connectivity index (χ0n) is 18.2. The highest BCUT2D eigenvalue weighted by Crippen LogP contribution is 2.25. The van der Waals surface area contributed by atoms with Gasteiger partial charge in [-0.1, -0.05) is 46.3 Å². The summed E-state index contributed by atoms with van der Waals surface area (Å²) in [6.07, 6.45) is 0. The molecule has 0 spiro atoms. The van der Waals surface area contributed by atoms with Crippen LogP contribution in [0.15, 0.2) is 93.3 Å². The summed E-state index contributed by atoms with van der Waals surface area (Å²) in [5, 5.41) is 4.13. The molecule has 3 aromatic carbocycles. The first-order chi connectivity index (χ1) is 15.8. The van der Waals surface area contributed by atoms with E-state index in [0.717, 1.165) is 14.3 Å². The second-order valence-corrected chi connectivity index (χ2v) is 9.77. The van der Waals surface area contributed by atoms with Crippen molar-refractivity contribution in [1.29, 1.82) is 0 Å². The molecule has 0 aliphatic carbocycles. The van der Waals surface area contributed by atoms with Gasteiger partial charge < -0.3 is 4.74 Å². The Kier molecular flexibility index (Phi) is 8.24. The number of hydrazone groups is 1. The molecule has 3 rings (SSSR count). The number of nitrogens with one attached hydrogen (secondary N) is 1. The number of benzene rings is 3. The summed E-state index contributed by atoms with van der Waals surface area (Å²) in [5.41, 5.74) is 4.24. The third-order valence-electron chi connectivity index (χ3n) is 4.64. The predicted octanol–water partition coefficient (Wildman–Crippen LogP) is 4.58. The first-order valence-electron chi connectivity index (χ1n) is 10.2. The fourth-order valence-electron chi connectivity index (χ4n) is 3.00. The number of carbonyl (C=O) groups excluding carboxylic acids is 1. The van der Waals surface area contributed by atoms with Gasteiger partial charge in [0.1, 0.15) is 12.3 Å². The summed E-state index contributed by atoms with van der Waals surface area (Å²) in [6, 6.07) is 22.1. The van der Waals surface area contributed by atoms with E-state index in [1.807, 2.05) is 31.2 Å². The van der Waals surface area contributed by atoms with Crippen LogP contribution in [0.3, 0.4) is 0 Å². The SMILES string of the molecule is CCOc1ccc(S(=O)(=O)N(CC(=O)N/N=C(/C)c2cccc(Br)c2)c2ccccc2)cc1. The highest BCUT2D eigenvalue weighted by Gasteiger charge is 2.27. The molecule has 7 nitrogen and oxygen atoms in total. The number of anilines is 1. The molecule has 9 heteroatoms. The van der Waals surface area contributed by atoms with Crippen LogP contribution in [0.2, 0.25) is 0 Å². The summed E-state index contributed by atoms with van der Waals surface area (Å²) in [6.45, 7) is 3.64. The molecule has 0 saturated heterocycles. The van der Waals surface area contributed by atoms with Gasteiger partial charge in [-0.05, 0) is 67.9 Å². The fourth-order valence-corrected chi connectivity index (χ4v) is 4.82. The summed E-state index contributed by atoms with van der Waals surface area (Å²) in [5.74, 6) is 0.000488. The minimum Gasteiger partial charge on any atom is -0.494 e. The van der Waals surface area contributed by atoms with Gasteiger partial charge in [-0.15, -0.1) is 0 Å². The molecule has 3 aromatic rings. The molecule has 0 saturated carbocycles. The smallest absolute Gasteiger partial charge is 0.264 e. The Morgan fingerprint density at radius 3 is 2.36 bits per heavy atom. The lowest BCUT2D eigenvalue weighted by Crippen LogP contribution is -2.39. The van der Waals surface area contributed by atoms with E-state index >= 15 is 0 Å². The fraction of sp³-hybridized carbons (Fsp3) is 0.167. The average molecular weight is 530 g/mol. The van der Waals surface area contributed by atoms with Gasteiger partial charge >= 0.3 is 0 Å². The third-order valence-corrected chi connectivity index (χ3v) is 6.93. The number of nitrogens with zero attached hydrogens (tertiary/aromatic N) is 2. The van der Waals surface area contributed by atoms with Crippen molar-refractivity contribution in [2.24, 2.45) is 5.10 Å². The van der Waals surface area contributed by atoms with Crippen molar-refractivity contribution in [3.63, 3.8) is 0 Å². The van der Waals surface area contributed by atoms with Crippen LogP contribution in [0.4, 0.5) is 5.69 Å². The van der Waals surface area contributed by atoms with Crippen molar-refractivity contribution in [2.45, 2.75) is 18.7 Å². The molecule has 172 valence electrons. The van der Waals surface area contributed by atoms with Crippen molar-refractivity contribution >= 4 is 43.3 Å². The first-order valence-corrected chi connectivity index (χ1v) is 12.4. The van der Waals surface area contributed by atoms with Crippen LogP contribution in [-0.2, 0) is 14.8 Å². The number of amides is 1. The summed E-state index contributed by atoms with van der Waals surface area (Å²) in [4.78, 5) is 12.7. The van der Waals surface area contributed by atoms with Crippen LogP contribution in [0, 0.1) is 0 Å². The van der Waals surface area contributed by atoms with Crippen LogP contribution in [0.5, 0.6) is 5.75 Å². The van der Waals surface area contributed by atoms with Gasteiger partial charge in [0.25, 0.3) is 15.9 Å². The number of para-hydroxylation sites is 1. The maximum Gasteiger partial charge on any atom is 0.264 e. The molecule has 1 N–H and O–H groups in total. The van der Waals surface area contributed by atoms with Crippen LogP contribution in [-0.4, -0.2) is 33.2 Å². The summed E-state index contributed by atoms with van der Waals surface area (Å²) < 4.78 is 34.1. The molecule has 0 aliphatic heterocycles. The molecule has 0 atom stereocenters. The van der Waals surface area contributed by atoms with E-state index in [2.05, 4.69) is 26.5 Å². The molecule has 0 bridgehead atoms. The molecule has 1 amide bonds. The Morgan fingerprint density at radius 2 is 1.73 bits per heavy atom. The van der Waals surface area contributed by atoms with Gasteiger partial charge in [0, 0.05) is 4.47 Å². The number of hydrogen-bond acceptors (Lipinski definition) is 5. The van der Waals surface area contributed by atoms with Crippen LogP contribution < -0.4 is 14.5 Å². The zero-order valence-corrected chi connectivity index (χ0v) is 20.6. The number of carbonyl (C=O) groups is 1. The maximum atomic E-state index is 13.4. The highest BCUT2D eigenvalue weighted by atomic mass is 79.9. The number of sulfonamides is 1. The molecule has 0 fully saturated rings. The van der Waals surface area contributed by atoms with Crippen molar-refractivity contribution in [3.8, 4) is 5.75 Å². The lowest BCUT2D eigenvalue weighted by Gasteiger charge is -2.23. The molecule has 0 unspecified atom stereocenters. The number of ether oxygens (including phenoxy) is 1. The Hall–Kier alpha value is -3.17. The molecule has 33 heavy (non-hydrogen) atoms. The van der Waals surface area contributed by atoms with E-state index < -0.39 is 22.5 Å². The normalized spacial score (nSPS) is 11.7. The number of rotatable bonds is 9. The van der Waals surface area contributed by atoms with E-state index in [0.29, 0.717) is 23.8 Å². The van der Waals surface area contributed by atoms with Gasteiger partial charge in [0.2, 0.25) is 0 Å². The minimum absolute atomic E-state index is 0.0522. The predicted molar refractivity (Wildman–Crippen MR) is 133 cm³/mol. The Bertz CT molecular complexity index is 1230. The molecule has 0 aliphatic rings. The largest absolute Gasteiger partial charge is 0.494 e. The van der Waals surface area contributed by atoms with Gasteiger partial charge in [0.15, 0.2) is 0 Å². The lowest BCUT2D eigenvalue weighted by molar-refractivity contribution is -0.119. The van der Waals surface area contributed by atoms with Crippen molar-refractivity contribution in [2.75, 3.05) is 17.5 Å². The van der Waals surface area contributed by atoms with E-state index in [-0.39, 0.29) is 4.90 Å². The zero-order chi connectivity index (χ0) is 23.8. The van der Waals surface area contributed by atoms with Gasteiger partial charge in [-0.2, -0.15) is 5.10 Å². The van der Waals surface area contributed by atoms with Gasteiger partial charge in [0.05, 0.1) is 22.9 Å². The molecular formula is C24H24BrN3O4S. The number of halogens is 1. The van der Waals surface area contributed by atoms with E-state index in [9.17, 15) is 13.2 Å². The van der Waals surface area contributed by atoms with Gasteiger partial charge in [-0.3, -0.25) is 9.10 Å². The summed E-state index contributed by atoms with van der Waals surface area (Å²) in [7, 11) is -4.01. The van der Waals surface area contributed by atoms with Crippen LogP contribution in [0.25, 0.3) is 0 Å². The van der Waals surface area contributed by atoms with E-state index in [1.54, 1.807) is 49.4 Å². The monoisotopic (exact) mass is 529 g/mol. The van der Waals surface area contributed by atoms with Crippen molar-refractivity contribution < 1.29 is 17.9 Å². The van der Waals surface area contributed by atoms with Crippen molar-refractivity contribution in [3.05, 3.63) is 88.9 Å². The average Bonchev–Trinajstić information content (AvgIpc) is 2.82. The Morgan fingerprint density at radius 1 is 1.03 bits per heavy atom. The topological polar surface area (TPSA) is 88.1 Å². The summed E-state index contributed by atoms with van der Waals surface area (Å²) >= 11 is 3.40. The van der Waals surface area contributed by atoms with E-state index in [1.165, 1.54) is 12.1 Å². The Balaban J connectivity index is 1.84. The molecule has 0 radical (unpaired) electrons. The maximum absolute atomic E-state index is 13.4. The van der Waals surface area contributed by atoms with Gasteiger partial charge in [-0.25, -0.2) is 13.8 Å². The second kappa shape index (κ2) is 11.1. The molecule has 0 heterocycles. The standard InChI is InChI=1S/C24H24BrN3O4S/c1-3-32-22-12-14-23(15-13-22)33(30,31)28(21-10-5-4-6-11-21)17-24(29)27-26-18(2)19-8-7-9-20(25)16-19/h4-16H,3,17H2,1-2H3,(H,27,29)/b26-18-. The molecular weight excluding hydrogens is 506 g/mol. The molecule has 0 aromatic heterocycles. The van der Waals surface area contributed by atoms with E-state index in [4.69, 9.17) is 4.74 Å². The Labute approximate surface area is 202 Å². The van der Waals surface area contributed by atoms with Crippen molar-refractivity contribution in [1.82, 2.24) is 5.43 Å². The quantitative estimate of drug-likeness (QED) is 0.324. The van der Waals surface area contributed by atoms with Crippen LogP contribution in [0.1, 0.15) is 19.4 Å². The lowest BCUT2D eigenvalue weighted by atomic mass is 10.1. The number of hydrogen-bond donors (Lipinski definition) is 1. The second-order valence-electron chi connectivity index (χ2n) is 6.99. The van der Waals surface area contributed by atoms with Crippen LogP contribution >= 0.6 is 15.9 Å². The highest BCUT2D eigenvalue weighted by molar-refractivity contribution is 9.10. The third kappa shape index (κ3) is 6.43.